The second-order valence-electron chi connectivity index (χ2n) is 12.1. The molecule has 0 aliphatic rings. The lowest BCUT2D eigenvalue weighted by Gasteiger charge is -2.22. The van der Waals surface area contributed by atoms with Crippen molar-refractivity contribution in [3.63, 3.8) is 0 Å². The Morgan fingerprint density at radius 3 is 1.50 bits per heavy atom. The standard InChI is InChI=1S/C23H23O2P.C18H20O3P/c1-16-15-17(2)19(4)22(18(16)3)23(24)26(25,20-11-7-5-8-12-20)21-13-9-6-10-14-21;1-13-11-14(2)18(15(3)12-13)17(19)9-10-21-22(20)16-7-5-4-6-8-16/h5-15H,1-4H3;4-8,11-12H,9-10H2,1-3H3/q;+1. The lowest BCUT2D eigenvalue weighted by atomic mass is 9.95. The first-order valence-corrected chi connectivity index (χ1v) is 18.8. The minimum atomic E-state index is -3.47. The van der Waals surface area contributed by atoms with Gasteiger partial charge in [0.25, 0.3) is 0 Å². The molecule has 0 heterocycles. The maximum absolute atomic E-state index is 14.3. The fourth-order valence-electron chi connectivity index (χ4n) is 5.94. The molecular formula is C41H43O5P2+. The van der Waals surface area contributed by atoms with Gasteiger partial charge in [0.1, 0.15) is 6.61 Å². The van der Waals surface area contributed by atoms with E-state index in [9.17, 15) is 18.7 Å². The molecule has 0 spiro atoms. The van der Waals surface area contributed by atoms with E-state index >= 15 is 0 Å². The van der Waals surface area contributed by atoms with Crippen LogP contribution in [0.3, 0.4) is 0 Å². The van der Waals surface area contributed by atoms with Crippen LogP contribution in [0.25, 0.3) is 0 Å². The molecule has 0 amide bonds. The third-order valence-electron chi connectivity index (χ3n) is 8.57. The van der Waals surface area contributed by atoms with Gasteiger partial charge in [0.05, 0.1) is 0 Å². The topological polar surface area (TPSA) is 77.5 Å². The lowest BCUT2D eigenvalue weighted by molar-refractivity contribution is 0.0963. The summed E-state index contributed by atoms with van der Waals surface area (Å²) < 4.78 is 31.6. The number of hydrogen-bond donors (Lipinski definition) is 0. The average Bonchev–Trinajstić information content (AvgIpc) is 3.08. The van der Waals surface area contributed by atoms with Crippen LogP contribution in [0.4, 0.5) is 0 Å². The van der Waals surface area contributed by atoms with Crippen LogP contribution < -0.4 is 15.9 Å². The quantitative estimate of drug-likeness (QED) is 0.109. The number of rotatable bonds is 10. The molecule has 5 aromatic rings. The Hall–Kier alpha value is -4.27. The zero-order valence-electron chi connectivity index (χ0n) is 28.7. The molecule has 5 rings (SSSR count). The third-order valence-corrected chi connectivity index (χ3v) is 12.5. The molecule has 0 aromatic heterocycles. The highest BCUT2D eigenvalue weighted by Gasteiger charge is 2.38. The summed E-state index contributed by atoms with van der Waals surface area (Å²) in [6.07, 6.45) is 0.235. The zero-order chi connectivity index (χ0) is 35.0. The Morgan fingerprint density at radius 2 is 1.04 bits per heavy atom. The summed E-state index contributed by atoms with van der Waals surface area (Å²) in [5.41, 5.74) is 8.09. The summed E-state index contributed by atoms with van der Waals surface area (Å²) in [7, 11) is -5.37. The Bertz CT molecular complexity index is 1890. The van der Waals surface area contributed by atoms with E-state index in [0.29, 0.717) is 21.5 Å². The molecule has 0 bridgehead atoms. The van der Waals surface area contributed by atoms with Gasteiger partial charge in [0, 0.05) is 28.2 Å². The van der Waals surface area contributed by atoms with Gasteiger partial charge < -0.3 is 4.57 Å². The molecule has 5 aromatic carbocycles. The molecule has 0 aliphatic heterocycles. The van der Waals surface area contributed by atoms with Gasteiger partial charge in [-0.1, -0.05) is 103 Å². The van der Waals surface area contributed by atoms with Crippen LogP contribution in [0.15, 0.2) is 109 Å². The maximum atomic E-state index is 14.3. The maximum Gasteiger partial charge on any atom is 0.548 e. The first-order chi connectivity index (χ1) is 22.9. The van der Waals surface area contributed by atoms with Crippen molar-refractivity contribution in [2.75, 3.05) is 6.61 Å². The van der Waals surface area contributed by atoms with Gasteiger partial charge >= 0.3 is 8.03 Å². The van der Waals surface area contributed by atoms with Crippen molar-refractivity contribution < 1.29 is 23.2 Å². The first kappa shape index (κ1) is 36.6. The largest absolute Gasteiger partial charge is 0.548 e. The van der Waals surface area contributed by atoms with Gasteiger partial charge in [0.2, 0.25) is 18.0 Å². The predicted molar refractivity (Wildman–Crippen MR) is 199 cm³/mol. The van der Waals surface area contributed by atoms with E-state index in [-0.39, 0.29) is 24.3 Å². The monoisotopic (exact) mass is 677 g/mol. The van der Waals surface area contributed by atoms with Crippen molar-refractivity contribution in [1.82, 2.24) is 0 Å². The number of hydrogen-bond acceptors (Lipinski definition) is 5. The number of carbonyl (C=O) groups is 2. The Kier molecular flexibility index (Phi) is 12.4. The van der Waals surface area contributed by atoms with E-state index in [1.165, 1.54) is 0 Å². The molecule has 1 unspecified atom stereocenters. The summed E-state index contributed by atoms with van der Waals surface area (Å²) in [4.78, 5) is 26.1. The van der Waals surface area contributed by atoms with Gasteiger partial charge in [-0.25, -0.2) is 0 Å². The van der Waals surface area contributed by atoms with Gasteiger partial charge in [-0.15, -0.1) is 4.52 Å². The molecule has 7 heteroatoms. The van der Waals surface area contributed by atoms with Crippen molar-refractivity contribution in [2.24, 2.45) is 0 Å². The second-order valence-corrected chi connectivity index (χ2v) is 16.0. The summed E-state index contributed by atoms with van der Waals surface area (Å²) in [6.45, 7) is 13.9. The zero-order valence-corrected chi connectivity index (χ0v) is 30.5. The number of Topliss-reactive ketones (excluding diaryl/α,β-unsaturated/α-hetero) is 1. The van der Waals surface area contributed by atoms with Crippen molar-refractivity contribution >= 4 is 42.4 Å². The van der Waals surface area contributed by atoms with Gasteiger partial charge in [-0.2, -0.15) is 0 Å². The molecular weight excluding hydrogens is 634 g/mol. The Labute approximate surface area is 285 Å². The van der Waals surface area contributed by atoms with Crippen LogP contribution in [0.5, 0.6) is 0 Å². The molecule has 1 atom stereocenters. The second kappa shape index (κ2) is 16.2. The first-order valence-electron chi connectivity index (χ1n) is 16.0. The van der Waals surface area contributed by atoms with Gasteiger partial charge in [-0.05, 0) is 98.5 Å². The van der Waals surface area contributed by atoms with Gasteiger partial charge in [-0.3, -0.25) is 9.59 Å². The van der Waals surface area contributed by atoms with E-state index < -0.39 is 15.2 Å². The van der Waals surface area contributed by atoms with E-state index in [1.54, 1.807) is 36.4 Å². The van der Waals surface area contributed by atoms with E-state index in [1.807, 2.05) is 115 Å². The Morgan fingerprint density at radius 1 is 0.604 bits per heavy atom. The fourth-order valence-corrected chi connectivity index (χ4v) is 9.37. The SMILES string of the molecule is Cc1cc(C)c(C(=O)CCO[P+](=O)c2ccccc2)c(C)c1.Cc1cc(C)c(C)c(C(=O)P(=O)(c2ccccc2)c2ccccc2)c1C. The van der Waals surface area contributed by atoms with Crippen LogP contribution in [-0.4, -0.2) is 17.9 Å². The van der Waals surface area contributed by atoms with Crippen LogP contribution in [-0.2, 0) is 13.7 Å². The molecule has 5 nitrogen and oxygen atoms in total. The van der Waals surface area contributed by atoms with Crippen LogP contribution in [0.1, 0.15) is 66.1 Å². The number of benzene rings is 5. The number of ketones is 1. The number of aryl methyl sites for hydroxylation is 5. The number of carbonyl (C=O) groups excluding carboxylic acids is 2. The molecule has 48 heavy (non-hydrogen) atoms. The molecule has 246 valence electrons. The van der Waals surface area contributed by atoms with Crippen molar-refractivity contribution in [1.29, 1.82) is 0 Å². The Balaban J connectivity index is 0.000000220. The van der Waals surface area contributed by atoms with Crippen molar-refractivity contribution in [3.8, 4) is 0 Å². The van der Waals surface area contributed by atoms with Gasteiger partial charge in [0.15, 0.2) is 5.78 Å². The summed E-state index contributed by atoms with van der Waals surface area (Å²) in [6, 6.07) is 33.3. The van der Waals surface area contributed by atoms with E-state index in [4.69, 9.17) is 4.52 Å². The highest BCUT2D eigenvalue weighted by atomic mass is 31.2. The fraction of sp³-hybridized carbons (Fsp3) is 0.220. The molecule has 0 aliphatic carbocycles. The molecule has 0 N–H and O–H groups in total. The smallest absolute Gasteiger partial charge is 0.305 e. The predicted octanol–water partition coefficient (Wildman–Crippen LogP) is 9.34. The summed E-state index contributed by atoms with van der Waals surface area (Å²) in [5.74, 6) is 0.0338. The van der Waals surface area contributed by atoms with Crippen LogP contribution in [0, 0.1) is 48.5 Å². The molecule has 0 saturated heterocycles. The van der Waals surface area contributed by atoms with Crippen LogP contribution in [0.2, 0.25) is 0 Å². The molecule has 0 fully saturated rings. The third kappa shape index (κ3) is 8.23. The van der Waals surface area contributed by atoms with E-state index in [0.717, 1.165) is 44.5 Å². The average molecular weight is 678 g/mol. The van der Waals surface area contributed by atoms with E-state index in [2.05, 4.69) is 6.07 Å². The minimum Gasteiger partial charge on any atom is -0.305 e. The van der Waals surface area contributed by atoms with Crippen molar-refractivity contribution in [2.45, 2.75) is 54.9 Å². The van der Waals surface area contributed by atoms with Crippen LogP contribution >= 0.6 is 15.2 Å². The molecule has 0 saturated carbocycles. The summed E-state index contributed by atoms with van der Waals surface area (Å²) in [5, 5.41) is 1.80. The van der Waals surface area contributed by atoms with Crippen molar-refractivity contribution in [3.05, 3.63) is 159 Å². The minimum absolute atomic E-state index is 0.0338. The summed E-state index contributed by atoms with van der Waals surface area (Å²) >= 11 is 0. The lowest BCUT2D eigenvalue weighted by Crippen LogP contribution is -2.24. The normalized spacial score (nSPS) is 11.4. The highest BCUT2D eigenvalue weighted by molar-refractivity contribution is 7.93. The molecule has 0 radical (unpaired) electrons. The highest BCUT2D eigenvalue weighted by Crippen LogP contribution is 2.48.